The van der Waals surface area contributed by atoms with Gasteiger partial charge in [-0.05, 0) is 24.3 Å². The highest BCUT2D eigenvalue weighted by Gasteiger charge is 2.23. The molecular weight excluding hydrogens is 308 g/mol. The molecule has 1 aromatic rings. The van der Waals surface area contributed by atoms with E-state index < -0.39 is 6.10 Å². The Hall–Kier alpha value is -1.79. The predicted octanol–water partition coefficient (Wildman–Crippen LogP) is 1.24. The van der Waals surface area contributed by atoms with Crippen molar-refractivity contribution in [2.24, 2.45) is 5.92 Å². The highest BCUT2D eigenvalue weighted by molar-refractivity contribution is 5.78. The van der Waals surface area contributed by atoms with Gasteiger partial charge in [0, 0.05) is 38.6 Å². The highest BCUT2D eigenvalue weighted by atomic mass is 16.5. The minimum atomic E-state index is -0.556. The number of β-amino-alcohol motifs (C(OH)–C–C–N with tert-alkyl or cyclic N) is 1. The van der Waals surface area contributed by atoms with E-state index >= 15 is 0 Å². The molecule has 0 saturated carbocycles. The molecule has 24 heavy (non-hydrogen) atoms. The van der Waals surface area contributed by atoms with Crippen LogP contribution in [-0.2, 0) is 4.79 Å². The number of nitrogens with zero attached hydrogens (tertiary/aromatic N) is 2. The lowest BCUT2D eigenvalue weighted by Gasteiger charge is -2.36. The molecule has 1 aliphatic heterocycles. The molecule has 2 rings (SSSR count). The fourth-order valence-corrected chi connectivity index (χ4v) is 2.73. The van der Waals surface area contributed by atoms with E-state index in [4.69, 9.17) is 9.47 Å². The molecular formula is C18H28N2O4. The van der Waals surface area contributed by atoms with Crippen LogP contribution in [0.1, 0.15) is 13.8 Å². The van der Waals surface area contributed by atoms with Gasteiger partial charge in [-0.25, -0.2) is 0 Å². The number of aliphatic hydroxyl groups is 1. The molecule has 0 bridgehead atoms. The minimum absolute atomic E-state index is 0.0417. The largest absolute Gasteiger partial charge is 0.497 e. The van der Waals surface area contributed by atoms with E-state index in [1.165, 1.54) is 0 Å². The van der Waals surface area contributed by atoms with Gasteiger partial charge in [0.25, 0.3) is 0 Å². The van der Waals surface area contributed by atoms with Crippen LogP contribution >= 0.6 is 0 Å². The second-order valence-corrected chi connectivity index (χ2v) is 6.42. The fourth-order valence-electron chi connectivity index (χ4n) is 2.73. The standard InChI is InChI=1S/C18H28N2O4/c1-14(2)18(22)20-10-8-19(9-11-20)12-15(21)13-24-17-6-4-16(23-3)5-7-17/h4-7,14-15,21H,8-13H2,1-3H3. The molecule has 1 amide bonds. The maximum atomic E-state index is 12.0. The van der Waals surface area contributed by atoms with Crippen LogP contribution in [0.2, 0.25) is 0 Å². The zero-order chi connectivity index (χ0) is 17.5. The third kappa shape index (κ3) is 5.39. The average molecular weight is 336 g/mol. The van der Waals surface area contributed by atoms with Crippen LogP contribution in [0.4, 0.5) is 0 Å². The zero-order valence-corrected chi connectivity index (χ0v) is 14.8. The Balaban J connectivity index is 1.69. The number of aliphatic hydroxyl groups excluding tert-OH is 1. The molecule has 0 aliphatic carbocycles. The number of methoxy groups -OCH3 is 1. The molecule has 1 heterocycles. The van der Waals surface area contributed by atoms with Crippen molar-refractivity contribution in [1.29, 1.82) is 0 Å². The van der Waals surface area contributed by atoms with Gasteiger partial charge in [0.05, 0.1) is 7.11 Å². The number of rotatable bonds is 7. The summed E-state index contributed by atoms with van der Waals surface area (Å²) in [4.78, 5) is 16.0. The second kappa shape index (κ2) is 8.89. The van der Waals surface area contributed by atoms with Gasteiger partial charge in [0.2, 0.25) is 5.91 Å². The number of piperazine rings is 1. The molecule has 6 nitrogen and oxygen atoms in total. The zero-order valence-electron chi connectivity index (χ0n) is 14.8. The molecule has 1 N–H and O–H groups in total. The Morgan fingerprint density at radius 3 is 2.25 bits per heavy atom. The number of ether oxygens (including phenoxy) is 2. The number of amides is 1. The summed E-state index contributed by atoms with van der Waals surface area (Å²) >= 11 is 0. The van der Waals surface area contributed by atoms with Gasteiger partial charge in [-0.3, -0.25) is 9.69 Å². The lowest BCUT2D eigenvalue weighted by molar-refractivity contribution is -0.136. The van der Waals surface area contributed by atoms with Crippen molar-refractivity contribution in [2.75, 3.05) is 46.4 Å². The number of carbonyl (C=O) groups is 1. The van der Waals surface area contributed by atoms with Crippen LogP contribution in [0.15, 0.2) is 24.3 Å². The molecule has 1 unspecified atom stereocenters. The van der Waals surface area contributed by atoms with Gasteiger partial charge in [-0.1, -0.05) is 13.8 Å². The second-order valence-electron chi connectivity index (χ2n) is 6.42. The van der Waals surface area contributed by atoms with Crippen LogP contribution in [0.5, 0.6) is 11.5 Å². The van der Waals surface area contributed by atoms with Gasteiger partial charge in [-0.2, -0.15) is 0 Å². The molecule has 0 spiro atoms. The Morgan fingerprint density at radius 2 is 1.71 bits per heavy atom. The minimum Gasteiger partial charge on any atom is -0.497 e. The maximum Gasteiger partial charge on any atom is 0.225 e. The summed E-state index contributed by atoms with van der Waals surface area (Å²) in [5, 5.41) is 10.2. The van der Waals surface area contributed by atoms with Crippen LogP contribution in [-0.4, -0.2) is 73.4 Å². The molecule has 6 heteroatoms. The Kier molecular flexibility index (Phi) is 6.87. The van der Waals surface area contributed by atoms with Crippen molar-refractivity contribution < 1.29 is 19.4 Å². The van der Waals surface area contributed by atoms with Crippen molar-refractivity contribution in [3.05, 3.63) is 24.3 Å². The van der Waals surface area contributed by atoms with E-state index in [0.29, 0.717) is 12.3 Å². The first kappa shape index (κ1) is 18.5. The third-order valence-electron chi connectivity index (χ3n) is 4.15. The molecule has 1 aromatic carbocycles. The number of carbonyl (C=O) groups excluding carboxylic acids is 1. The van der Waals surface area contributed by atoms with E-state index in [1.54, 1.807) is 7.11 Å². The van der Waals surface area contributed by atoms with Crippen molar-refractivity contribution in [3.63, 3.8) is 0 Å². The molecule has 1 aliphatic rings. The fraction of sp³-hybridized carbons (Fsp3) is 0.611. The van der Waals surface area contributed by atoms with Gasteiger partial charge >= 0.3 is 0 Å². The Labute approximate surface area is 144 Å². The predicted molar refractivity (Wildman–Crippen MR) is 92.4 cm³/mol. The molecule has 0 aromatic heterocycles. The third-order valence-corrected chi connectivity index (χ3v) is 4.15. The molecule has 1 fully saturated rings. The van der Waals surface area contributed by atoms with Gasteiger partial charge in [0.15, 0.2) is 0 Å². The Bertz CT molecular complexity index is 510. The van der Waals surface area contributed by atoms with E-state index in [-0.39, 0.29) is 18.4 Å². The summed E-state index contributed by atoms with van der Waals surface area (Å²) in [5.74, 6) is 1.73. The highest BCUT2D eigenvalue weighted by Crippen LogP contribution is 2.17. The van der Waals surface area contributed by atoms with Crippen molar-refractivity contribution >= 4 is 5.91 Å². The number of benzene rings is 1. The molecule has 0 radical (unpaired) electrons. The van der Waals surface area contributed by atoms with Crippen molar-refractivity contribution in [3.8, 4) is 11.5 Å². The normalized spacial score (nSPS) is 17.0. The van der Waals surface area contributed by atoms with Gasteiger partial charge in [0.1, 0.15) is 24.2 Å². The van der Waals surface area contributed by atoms with Crippen molar-refractivity contribution in [1.82, 2.24) is 9.80 Å². The topological polar surface area (TPSA) is 62.2 Å². The summed E-state index contributed by atoms with van der Waals surface area (Å²) in [6.07, 6.45) is -0.556. The summed E-state index contributed by atoms with van der Waals surface area (Å²) in [6.45, 7) is 7.68. The quantitative estimate of drug-likeness (QED) is 0.812. The van der Waals surface area contributed by atoms with E-state index in [9.17, 15) is 9.90 Å². The summed E-state index contributed by atoms with van der Waals surface area (Å²) in [6, 6.07) is 7.29. The summed E-state index contributed by atoms with van der Waals surface area (Å²) < 4.78 is 10.7. The summed E-state index contributed by atoms with van der Waals surface area (Å²) in [7, 11) is 1.62. The van der Waals surface area contributed by atoms with Gasteiger partial charge < -0.3 is 19.5 Å². The van der Waals surface area contributed by atoms with E-state index in [1.807, 2.05) is 43.0 Å². The smallest absolute Gasteiger partial charge is 0.225 e. The van der Waals surface area contributed by atoms with Gasteiger partial charge in [-0.15, -0.1) is 0 Å². The van der Waals surface area contributed by atoms with Crippen LogP contribution in [0.25, 0.3) is 0 Å². The van der Waals surface area contributed by atoms with E-state index in [0.717, 1.165) is 31.9 Å². The van der Waals surface area contributed by atoms with Crippen LogP contribution in [0, 0.1) is 5.92 Å². The van der Waals surface area contributed by atoms with Crippen LogP contribution in [0.3, 0.4) is 0 Å². The molecule has 1 saturated heterocycles. The first-order valence-electron chi connectivity index (χ1n) is 8.45. The lowest BCUT2D eigenvalue weighted by Crippen LogP contribution is -2.51. The average Bonchev–Trinajstić information content (AvgIpc) is 2.60. The molecule has 134 valence electrons. The van der Waals surface area contributed by atoms with Crippen LogP contribution < -0.4 is 9.47 Å². The first-order chi connectivity index (χ1) is 11.5. The monoisotopic (exact) mass is 336 g/mol. The maximum absolute atomic E-state index is 12.0. The SMILES string of the molecule is COc1ccc(OCC(O)CN2CCN(C(=O)C(C)C)CC2)cc1. The number of hydrogen-bond donors (Lipinski definition) is 1. The van der Waals surface area contributed by atoms with E-state index in [2.05, 4.69) is 4.90 Å². The molecule has 1 atom stereocenters. The lowest BCUT2D eigenvalue weighted by atomic mass is 10.1. The first-order valence-corrected chi connectivity index (χ1v) is 8.45. The van der Waals surface area contributed by atoms with Crippen molar-refractivity contribution in [2.45, 2.75) is 20.0 Å². The summed E-state index contributed by atoms with van der Waals surface area (Å²) in [5.41, 5.74) is 0. The number of hydrogen-bond acceptors (Lipinski definition) is 5. The Morgan fingerprint density at radius 1 is 1.12 bits per heavy atom.